The smallest absolute Gasteiger partial charge is 0.218 e. The van der Waals surface area contributed by atoms with Crippen molar-refractivity contribution < 1.29 is 13.2 Å². The number of benzene rings is 1. The number of hydrogen-bond donors (Lipinski definition) is 1. The second-order valence-electron chi connectivity index (χ2n) is 6.71. The fourth-order valence-electron chi connectivity index (χ4n) is 3.53. The molecular weight excluding hydrogens is 338 g/mol. The van der Waals surface area contributed by atoms with Gasteiger partial charge in [-0.05, 0) is 37.1 Å². The molecule has 1 aliphatic heterocycles. The number of nitrogens with zero attached hydrogens (tertiary/aromatic N) is 2. The topological polar surface area (TPSA) is 65.6 Å². The van der Waals surface area contributed by atoms with Gasteiger partial charge in [-0.3, -0.25) is 4.90 Å². The Morgan fingerprint density at radius 3 is 3.00 bits per heavy atom. The van der Waals surface area contributed by atoms with Gasteiger partial charge in [0.2, 0.25) is 10.0 Å². The van der Waals surface area contributed by atoms with Crippen molar-refractivity contribution >= 4 is 20.9 Å². The van der Waals surface area contributed by atoms with Gasteiger partial charge in [-0.1, -0.05) is 12.1 Å². The molecular formula is C18H27N3O3S. The number of aromatic nitrogens is 1. The van der Waals surface area contributed by atoms with Gasteiger partial charge < -0.3 is 9.72 Å². The highest BCUT2D eigenvalue weighted by Crippen LogP contribution is 2.24. The first-order chi connectivity index (χ1) is 12.0. The minimum Gasteiger partial charge on any atom is -0.383 e. The summed E-state index contributed by atoms with van der Waals surface area (Å²) >= 11 is 0. The van der Waals surface area contributed by atoms with Crippen molar-refractivity contribution in [2.75, 3.05) is 40.4 Å². The van der Waals surface area contributed by atoms with Crippen LogP contribution in [-0.2, 0) is 21.3 Å². The molecule has 6 nitrogen and oxygen atoms in total. The molecule has 0 unspecified atom stereocenters. The summed E-state index contributed by atoms with van der Waals surface area (Å²) in [4.78, 5) is 5.49. The summed E-state index contributed by atoms with van der Waals surface area (Å²) in [6.07, 6.45) is 3.58. The first kappa shape index (κ1) is 18.4. The molecule has 0 amide bonds. The van der Waals surface area contributed by atoms with Crippen LogP contribution in [-0.4, -0.2) is 68.3 Å². The summed E-state index contributed by atoms with van der Waals surface area (Å²) in [5, 5.41) is 0.873. The van der Waals surface area contributed by atoms with Gasteiger partial charge in [0.25, 0.3) is 0 Å². The number of fused-ring (bicyclic) bond motifs is 1. The maximum absolute atomic E-state index is 12.8. The van der Waals surface area contributed by atoms with E-state index in [2.05, 4.69) is 28.1 Å². The van der Waals surface area contributed by atoms with Crippen LogP contribution in [0.1, 0.15) is 18.4 Å². The predicted octanol–water partition coefficient (Wildman–Crippen LogP) is 2.04. The lowest BCUT2D eigenvalue weighted by molar-refractivity contribution is 0.182. The zero-order chi connectivity index (χ0) is 17.9. The van der Waals surface area contributed by atoms with Crippen LogP contribution in [0.25, 0.3) is 10.9 Å². The Balaban J connectivity index is 1.70. The Labute approximate surface area is 149 Å². The number of H-pyrrole nitrogens is 1. The lowest BCUT2D eigenvalue weighted by Crippen LogP contribution is -2.47. The maximum atomic E-state index is 12.8. The van der Waals surface area contributed by atoms with Crippen molar-refractivity contribution in [3.8, 4) is 0 Å². The number of likely N-dealkylation sites (tertiary alicyclic amines) is 1. The molecule has 3 rings (SSSR count). The lowest BCUT2D eigenvalue weighted by Gasteiger charge is -2.34. The van der Waals surface area contributed by atoms with Crippen LogP contribution in [0.15, 0.2) is 30.5 Å². The summed E-state index contributed by atoms with van der Waals surface area (Å²) in [5.74, 6) is 0. The van der Waals surface area contributed by atoms with Crippen molar-refractivity contribution in [3.05, 3.63) is 36.0 Å². The van der Waals surface area contributed by atoms with E-state index in [1.54, 1.807) is 14.2 Å². The second-order valence-corrected chi connectivity index (χ2v) is 9.03. The number of aromatic amines is 1. The van der Waals surface area contributed by atoms with Gasteiger partial charge in [-0.2, -0.15) is 0 Å². The van der Waals surface area contributed by atoms with Crippen LogP contribution in [0, 0.1) is 0 Å². The Bertz CT molecular complexity index is 803. The van der Waals surface area contributed by atoms with E-state index in [1.807, 2.05) is 12.3 Å². The third-order valence-corrected chi connectivity index (χ3v) is 7.29. The molecule has 138 valence electrons. The first-order valence-corrected chi connectivity index (χ1v) is 10.2. The molecule has 1 fully saturated rings. The number of ether oxygens (including phenoxy) is 1. The highest BCUT2D eigenvalue weighted by molar-refractivity contribution is 7.89. The fourth-order valence-corrected chi connectivity index (χ4v) is 5.23. The second kappa shape index (κ2) is 7.86. The standard InChI is InChI=1S/C18H27N3O3S/c1-20(11-12-24-2)25(22,23)16-6-4-10-21(14-16)13-15-5-3-7-18-17(15)8-9-19-18/h3,5,7-9,16,19H,4,6,10-14H2,1-2H3/t16-/m0/s1. The van der Waals surface area contributed by atoms with E-state index in [-0.39, 0.29) is 5.25 Å². The molecule has 2 aromatic rings. The summed E-state index contributed by atoms with van der Waals surface area (Å²) in [6, 6.07) is 8.32. The van der Waals surface area contributed by atoms with Gasteiger partial charge in [0.15, 0.2) is 0 Å². The molecule has 0 aliphatic carbocycles. The number of sulfonamides is 1. The summed E-state index contributed by atoms with van der Waals surface area (Å²) in [5.41, 5.74) is 2.36. The van der Waals surface area contributed by atoms with E-state index in [0.717, 1.165) is 31.4 Å². The van der Waals surface area contributed by atoms with Gasteiger partial charge in [0, 0.05) is 50.9 Å². The molecule has 0 spiro atoms. The van der Waals surface area contributed by atoms with Crippen molar-refractivity contribution in [2.45, 2.75) is 24.6 Å². The average Bonchev–Trinajstić information content (AvgIpc) is 3.09. The van der Waals surface area contributed by atoms with E-state index < -0.39 is 10.0 Å². The van der Waals surface area contributed by atoms with E-state index in [0.29, 0.717) is 19.7 Å². The quantitative estimate of drug-likeness (QED) is 0.815. The van der Waals surface area contributed by atoms with Crippen LogP contribution < -0.4 is 0 Å². The van der Waals surface area contributed by atoms with Gasteiger partial charge in [-0.15, -0.1) is 0 Å². The molecule has 7 heteroatoms. The van der Waals surface area contributed by atoms with E-state index in [1.165, 1.54) is 15.3 Å². The molecule has 2 heterocycles. The van der Waals surface area contributed by atoms with Crippen molar-refractivity contribution in [1.82, 2.24) is 14.2 Å². The van der Waals surface area contributed by atoms with E-state index in [4.69, 9.17) is 4.74 Å². The van der Waals surface area contributed by atoms with Crippen LogP contribution in [0.4, 0.5) is 0 Å². The summed E-state index contributed by atoms with van der Waals surface area (Å²) < 4.78 is 32.0. The Kier molecular flexibility index (Phi) is 5.78. The van der Waals surface area contributed by atoms with Crippen molar-refractivity contribution in [1.29, 1.82) is 0 Å². The third kappa shape index (κ3) is 4.06. The van der Waals surface area contributed by atoms with Crippen LogP contribution in [0.2, 0.25) is 0 Å². The number of piperidine rings is 1. The Morgan fingerprint density at radius 1 is 1.36 bits per heavy atom. The minimum atomic E-state index is -3.29. The minimum absolute atomic E-state index is 0.339. The van der Waals surface area contributed by atoms with Crippen LogP contribution in [0.5, 0.6) is 0 Å². The lowest BCUT2D eigenvalue weighted by atomic mass is 10.1. The molecule has 1 aromatic carbocycles. The molecule has 1 saturated heterocycles. The first-order valence-electron chi connectivity index (χ1n) is 8.74. The largest absolute Gasteiger partial charge is 0.383 e. The molecule has 0 saturated carbocycles. The number of methoxy groups -OCH3 is 1. The van der Waals surface area contributed by atoms with Gasteiger partial charge in [0.05, 0.1) is 11.9 Å². The molecule has 1 aromatic heterocycles. The molecule has 0 bridgehead atoms. The summed E-state index contributed by atoms with van der Waals surface area (Å²) in [6.45, 7) is 3.12. The third-order valence-electron chi connectivity index (χ3n) is 5.01. The number of hydrogen-bond acceptors (Lipinski definition) is 4. The zero-order valence-electron chi connectivity index (χ0n) is 14.9. The maximum Gasteiger partial charge on any atom is 0.218 e. The molecule has 0 radical (unpaired) electrons. The molecule has 1 aliphatic rings. The fraction of sp³-hybridized carbons (Fsp3) is 0.556. The number of nitrogens with one attached hydrogen (secondary N) is 1. The van der Waals surface area contributed by atoms with Gasteiger partial charge >= 0.3 is 0 Å². The van der Waals surface area contributed by atoms with E-state index >= 15 is 0 Å². The highest BCUT2D eigenvalue weighted by Gasteiger charge is 2.33. The number of rotatable bonds is 7. The average molecular weight is 365 g/mol. The van der Waals surface area contributed by atoms with Crippen LogP contribution in [0.3, 0.4) is 0 Å². The van der Waals surface area contributed by atoms with Gasteiger partial charge in [-0.25, -0.2) is 12.7 Å². The highest BCUT2D eigenvalue weighted by atomic mass is 32.2. The Morgan fingerprint density at radius 2 is 2.20 bits per heavy atom. The van der Waals surface area contributed by atoms with Crippen LogP contribution >= 0.6 is 0 Å². The predicted molar refractivity (Wildman–Crippen MR) is 100 cm³/mol. The van der Waals surface area contributed by atoms with Crippen molar-refractivity contribution in [2.24, 2.45) is 0 Å². The number of likely N-dealkylation sites (N-methyl/N-ethyl adjacent to an activating group) is 1. The van der Waals surface area contributed by atoms with Gasteiger partial charge in [0.1, 0.15) is 0 Å². The molecule has 1 N–H and O–H groups in total. The zero-order valence-corrected chi connectivity index (χ0v) is 15.8. The Hall–Kier alpha value is -1.41. The monoisotopic (exact) mass is 365 g/mol. The summed E-state index contributed by atoms with van der Waals surface area (Å²) in [7, 11) is -0.0513. The molecule has 25 heavy (non-hydrogen) atoms. The molecule has 1 atom stereocenters. The normalized spacial score (nSPS) is 19.7. The van der Waals surface area contributed by atoms with Crippen molar-refractivity contribution in [3.63, 3.8) is 0 Å². The van der Waals surface area contributed by atoms with E-state index in [9.17, 15) is 8.42 Å². The SMILES string of the molecule is COCCN(C)S(=O)(=O)[C@H]1CCCN(Cc2cccc3[nH]ccc23)C1.